The highest BCUT2D eigenvalue weighted by Crippen LogP contribution is 2.46. The van der Waals surface area contributed by atoms with Crippen LogP contribution in [0.1, 0.15) is 25.0 Å². The third-order valence-electron chi connectivity index (χ3n) is 5.30. The summed E-state index contributed by atoms with van der Waals surface area (Å²) in [6, 6.07) is 16.2. The second-order valence-corrected chi connectivity index (χ2v) is 8.64. The van der Waals surface area contributed by atoms with Crippen molar-refractivity contribution in [3.05, 3.63) is 71.4 Å². The maximum atomic E-state index is 12.8. The van der Waals surface area contributed by atoms with E-state index in [0.29, 0.717) is 5.16 Å². The molecule has 3 aromatic rings. The number of rotatable bonds is 5. The Kier molecular flexibility index (Phi) is 5.00. The van der Waals surface area contributed by atoms with Crippen molar-refractivity contribution >= 4 is 23.2 Å². The van der Waals surface area contributed by atoms with E-state index in [4.69, 9.17) is 0 Å². The number of tetrazole rings is 1. The molecule has 2 aromatic carbocycles. The zero-order valence-electron chi connectivity index (χ0n) is 17.0. The second kappa shape index (κ2) is 7.48. The molecule has 148 valence electrons. The van der Waals surface area contributed by atoms with Crippen LogP contribution in [-0.4, -0.2) is 38.8 Å². The second-order valence-electron chi connectivity index (χ2n) is 7.69. The normalized spacial score (nSPS) is 16.3. The molecular formula is C22H23N5OS. The number of likely N-dealkylation sites (N-methyl/N-ethyl adjacent to an activating group) is 1. The van der Waals surface area contributed by atoms with Gasteiger partial charge in [0.2, 0.25) is 5.16 Å². The summed E-state index contributed by atoms with van der Waals surface area (Å²) in [4.78, 5) is 14.9. The zero-order valence-corrected chi connectivity index (χ0v) is 17.8. The summed E-state index contributed by atoms with van der Waals surface area (Å²) < 4.78 is 1.66. The first-order chi connectivity index (χ1) is 13.9. The molecule has 0 saturated heterocycles. The maximum absolute atomic E-state index is 12.8. The van der Waals surface area contributed by atoms with Crippen LogP contribution in [0.3, 0.4) is 0 Å². The predicted octanol–water partition coefficient (Wildman–Crippen LogP) is 3.94. The molecular weight excluding hydrogens is 382 g/mol. The van der Waals surface area contributed by atoms with E-state index in [0.717, 1.165) is 17.1 Å². The molecule has 0 saturated carbocycles. The third-order valence-corrected chi connectivity index (χ3v) is 6.24. The number of nitrogens with zero attached hydrogens (tertiary/aromatic N) is 5. The van der Waals surface area contributed by atoms with E-state index in [1.807, 2.05) is 50.4 Å². The van der Waals surface area contributed by atoms with Crippen molar-refractivity contribution in [2.45, 2.75) is 31.3 Å². The van der Waals surface area contributed by atoms with Gasteiger partial charge in [0, 0.05) is 29.9 Å². The van der Waals surface area contributed by atoms with Gasteiger partial charge in [-0.15, -0.1) is 5.10 Å². The van der Waals surface area contributed by atoms with Gasteiger partial charge in [-0.3, -0.25) is 4.79 Å². The Bertz CT molecular complexity index is 1080. The number of aromatic nitrogens is 4. The number of para-hydroxylation sites is 1. The van der Waals surface area contributed by atoms with Gasteiger partial charge < -0.3 is 4.90 Å². The summed E-state index contributed by atoms with van der Waals surface area (Å²) in [5.41, 5.74) is 5.21. The number of allylic oxidation sites excluding steroid dienone is 2. The van der Waals surface area contributed by atoms with E-state index in [-0.39, 0.29) is 17.0 Å². The molecule has 1 aliphatic rings. The molecule has 0 spiro atoms. The van der Waals surface area contributed by atoms with Gasteiger partial charge in [-0.25, -0.2) is 0 Å². The number of carbonyl (C=O) groups excluding carboxylic acids is 1. The van der Waals surface area contributed by atoms with Gasteiger partial charge in [-0.05, 0) is 41.1 Å². The van der Waals surface area contributed by atoms with Crippen molar-refractivity contribution in [1.82, 2.24) is 20.2 Å². The van der Waals surface area contributed by atoms with Gasteiger partial charge >= 0.3 is 0 Å². The molecule has 1 aliphatic heterocycles. The van der Waals surface area contributed by atoms with Crippen LogP contribution in [0.4, 0.5) is 5.69 Å². The highest BCUT2D eigenvalue weighted by Gasteiger charge is 2.38. The number of fused-ring (bicyclic) bond motifs is 1. The highest BCUT2D eigenvalue weighted by atomic mass is 32.2. The standard InChI is InChI=1S/C22H23N5OS/c1-15-9-11-16(12-10-15)27-21(23-24-25-27)29-14-17(28)13-20-22(2,3)18-7-5-6-8-19(18)26(20)4/h5-13H,14H2,1-4H3/b20-13-. The number of hydrogen-bond acceptors (Lipinski definition) is 6. The van der Waals surface area contributed by atoms with Crippen molar-refractivity contribution in [3.8, 4) is 5.69 Å². The summed E-state index contributed by atoms with van der Waals surface area (Å²) in [5.74, 6) is 0.312. The topological polar surface area (TPSA) is 63.9 Å². The van der Waals surface area contributed by atoms with Gasteiger partial charge in [-0.2, -0.15) is 4.68 Å². The first-order valence-corrected chi connectivity index (χ1v) is 10.4. The average Bonchev–Trinajstić information content (AvgIpc) is 3.25. The van der Waals surface area contributed by atoms with Gasteiger partial charge in [-0.1, -0.05) is 61.5 Å². The predicted molar refractivity (Wildman–Crippen MR) is 116 cm³/mol. The number of benzene rings is 2. The Morgan fingerprint density at radius 2 is 1.86 bits per heavy atom. The fraction of sp³-hybridized carbons (Fsp3) is 0.273. The third kappa shape index (κ3) is 3.58. The molecule has 1 aromatic heterocycles. The maximum Gasteiger partial charge on any atom is 0.214 e. The summed E-state index contributed by atoms with van der Waals surface area (Å²) in [5, 5.41) is 12.5. The van der Waals surface area contributed by atoms with Crippen LogP contribution in [0.15, 0.2) is 65.5 Å². The number of thioether (sulfide) groups is 1. The van der Waals surface area contributed by atoms with Crippen LogP contribution >= 0.6 is 11.8 Å². The quantitative estimate of drug-likeness (QED) is 0.473. The Hall–Kier alpha value is -2.93. The molecule has 0 bridgehead atoms. The lowest BCUT2D eigenvalue weighted by Gasteiger charge is -2.23. The molecule has 0 atom stereocenters. The smallest absolute Gasteiger partial charge is 0.214 e. The summed E-state index contributed by atoms with van der Waals surface area (Å²) in [6.07, 6.45) is 1.76. The molecule has 0 radical (unpaired) electrons. The lowest BCUT2D eigenvalue weighted by molar-refractivity contribution is -0.112. The summed E-state index contributed by atoms with van der Waals surface area (Å²) in [7, 11) is 2.01. The molecule has 0 aliphatic carbocycles. The van der Waals surface area contributed by atoms with E-state index >= 15 is 0 Å². The molecule has 4 rings (SSSR count). The fourth-order valence-electron chi connectivity index (χ4n) is 3.71. The van der Waals surface area contributed by atoms with Crippen LogP contribution in [0.2, 0.25) is 0 Å². The Balaban J connectivity index is 1.51. The minimum Gasteiger partial charge on any atom is -0.347 e. The van der Waals surface area contributed by atoms with Crippen LogP contribution in [-0.2, 0) is 10.2 Å². The van der Waals surface area contributed by atoms with Crippen molar-refractivity contribution in [2.24, 2.45) is 0 Å². The number of carbonyl (C=O) groups is 1. The largest absolute Gasteiger partial charge is 0.347 e. The fourth-order valence-corrected chi connectivity index (χ4v) is 4.42. The van der Waals surface area contributed by atoms with E-state index < -0.39 is 0 Å². The molecule has 2 heterocycles. The van der Waals surface area contributed by atoms with Crippen molar-refractivity contribution in [2.75, 3.05) is 17.7 Å². The first-order valence-electron chi connectivity index (χ1n) is 9.44. The molecule has 0 amide bonds. The van der Waals surface area contributed by atoms with E-state index in [1.165, 1.54) is 22.9 Å². The van der Waals surface area contributed by atoms with Gasteiger partial charge in [0.25, 0.3) is 0 Å². The van der Waals surface area contributed by atoms with E-state index in [9.17, 15) is 4.79 Å². The Labute approximate surface area is 174 Å². The lowest BCUT2D eigenvalue weighted by Crippen LogP contribution is -2.24. The van der Waals surface area contributed by atoms with Crippen LogP contribution < -0.4 is 4.90 Å². The number of aryl methyl sites for hydroxylation is 1. The highest BCUT2D eigenvalue weighted by molar-refractivity contribution is 7.99. The van der Waals surface area contributed by atoms with Crippen LogP contribution in [0.25, 0.3) is 5.69 Å². The van der Waals surface area contributed by atoms with Gasteiger partial charge in [0.1, 0.15) is 0 Å². The number of ketones is 1. The van der Waals surface area contributed by atoms with E-state index in [1.54, 1.807) is 10.8 Å². The molecule has 7 heteroatoms. The minimum absolute atomic E-state index is 0.0381. The summed E-state index contributed by atoms with van der Waals surface area (Å²) in [6.45, 7) is 6.34. The lowest BCUT2D eigenvalue weighted by atomic mass is 9.83. The number of hydrogen-bond donors (Lipinski definition) is 0. The average molecular weight is 406 g/mol. The molecule has 0 N–H and O–H groups in total. The SMILES string of the molecule is Cc1ccc(-n2nnnc2SCC(=O)/C=C2\N(C)c3ccccc3C2(C)C)cc1. The monoisotopic (exact) mass is 405 g/mol. The zero-order chi connectivity index (χ0) is 20.6. The van der Waals surface area contributed by atoms with Gasteiger partial charge in [0.15, 0.2) is 5.78 Å². The van der Waals surface area contributed by atoms with E-state index in [2.05, 4.69) is 46.4 Å². The van der Waals surface area contributed by atoms with Crippen molar-refractivity contribution in [3.63, 3.8) is 0 Å². The molecule has 0 fully saturated rings. The van der Waals surface area contributed by atoms with Crippen LogP contribution in [0, 0.1) is 6.92 Å². The summed E-state index contributed by atoms with van der Waals surface area (Å²) >= 11 is 1.34. The molecule has 0 unspecified atom stereocenters. The van der Waals surface area contributed by atoms with Crippen molar-refractivity contribution in [1.29, 1.82) is 0 Å². The first kappa shape index (κ1) is 19.4. The number of anilines is 1. The minimum atomic E-state index is -0.213. The van der Waals surface area contributed by atoms with Crippen LogP contribution in [0.5, 0.6) is 0 Å². The van der Waals surface area contributed by atoms with Gasteiger partial charge in [0.05, 0.1) is 11.4 Å². The Morgan fingerprint density at radius 3 is 2.59 bits per heavy atom. The molecule has 6 nitrogen and oxygen atoms in total. The molecule has 29 heavy (non-hydrogen) atoms. The Morgan fingerprint density at radius 1 is 1.14 bits per heavy atom. The van der Waals surface area contributed by atoms with Crippen molar-refractivity contribution < 1.29 is 4.79 Å².